The molecule has 0 heterocycles. The third-order valence-corrected chi connectivity index (χ3v) is 2.80. The molecule has 1 rings (SSSR count). The van der Waals surface area contributed by atoms with Gasteiger partial charge < -0.3 is 10.4 Å². The maximum Gasteiger partial charge on any atom is 0.319 e. The Kier molecular flexibility index (Phi) is 3.19. The van der Waals surface area contributed by atoms with Crippen molar-refractivity contribution in [2.45, 2.75) is 12.8 Å². The van der Waals surface area contributed by atoms with E-state index in [9.17, 15) is 9.59 Å². The molecule has 0 bridgehead atoms. The van der Waals surface area contributed by atoms with Gasteiger partial charge in [0.2, 0.25) is 5.91 Å². The van der Waals surface area contributed by atoms with Crippen LogP contribution in [0.1, 0.15) is 12.8 Å². The first-order chi connectivity index (χ1) is 6.13. The van der Waals surface area contributed by atoms with Crippen molar-refractivity contribution in [3.8, 4) is 0 Å². The fourth-order valence-electron chi connectivity index (χ4n) is 1.10. The molecule has 1 aliphatic rings. The Morgan fingerprint density at radius 1 is 1.54 bits per heavy atom. The lowest BCUT2D eigenvalue weighted by Crippen LogP contribution is -2.37. The molecular weight excluding hydrogens is 190 g/mol. The molecule has 5 heteroatoms. The molecule has 74 valence electrons. The first kappa shape index (κ1) is 10.4. The molecule has 0 aromatic rings. The molecular formula is C8H13NO3S. The Morgan fingerprint density at radius 3 is 2.54 bits per heavy atom. The molecule has 1 aliphatic carbocycles. The van der Waals surface area contributed by atoms with Gasteiger partial charge in [-0.25, -0.2) is 0 Å². The summed E-state index contributed by atoms with van der Waals surface area (Å²) in [7, 11) is 0. The summed E-state index contributed by atoms with van der Waals surface area (Å²) in [4.78, 5) is 22.0. The minimum Gasteiger partial charge on any atom is -0.480 e. The fraction of sp³-hybridized carbons (Fsp3) is 0.750. The lowest BCUT2D eigenvalue weighted by molar-refractivity contribution is -0.148. The topological polar surface area (TPSA) is 66.4 Å². The van der Waals surface area contributed by atoms with E-state index in [1.54, 1.807) is 11.8 Å². The van der Waals surface area contributed by atoms with Gasteiger partial charge in [-0.15, -0.1) is 0 Å². The van der Waals surface area contributed by atoms with Gasteiger partial charge in [-0.2, -0.15) is 11.8 Å². The van der Waals surface area contributed by atoms with Crippen LogP contribution >= 0.6 is 11.8 Å². The lowest BCUT2D eigenvalue weighted by Gasteiger charge is -2.09. The van der Waals surface area contributed by atoms with Gasteiger partial charge in [0.15, 0.2) is 0 Å². The van der Waals surface area contributed by atoms with Crippen molar-refractivity contribution in [2.75, 3.05) is 18.6 Å². The fourth-order valence-corrected chi connectivity index (χ4v) is 1.41. The molecule has 13 heavy (non-hydrogen) atoms. The summed E-state index contributed by atoms with van der Waals surface area (Å²) >= 11 is 1.62. The molecule has 4 nitrogen and oxygen atoms in total. The van der Waals surface area contributed by atoms with E-state index in [-0.39, 0.29) is 5.91 Å². The zero-order valence-electron chi connectivity index (χ0n) is 7.50. The van der Waals surface area contributed by atoms with Crippen LogP contribution in [0.5, 0.6) is 0 Å². The SMILES string of the molecule is CSCCNC(=O)C1(C(=O)O)CC1. The molecule has 0 aromatic carbocycles. The first-order valence-electron chi connectivity index (χ1n) is 4.14. The van der Waals surface area contributed by atoms with Crippen molar-refractivity contribution in [3.05, 3.63) is 0 Å². The number of hydrogen-bond donors (Lipinski definition) is 2. The summed E-state index contributed by atoms with van der Waals surface area (Å²) in [6.07, 6.45) is 2.90. The number of carboxylic acids is 1. The minimum atomic E-state index is -1.08. The van der Waals surface area contributed by atoms with E-state index in [1.165, 1.54) is 0 Å². The van der Waals surface area contributed by atoms with Crippen LogP contribution in [0, 0.1) is 5.41 Å². The van der Waals surface area contributed by atoms with Gasteiger partial charge in [0.1, 0.15) is 5.41 Å². The molecule has 0 radical (unpaired) electrons. The second-order valence-electron chi connectivity index (χ2n) is 3.14. The van der Waals surface area contributed by atoms with Gasteiger partial charge in [-0.05, 0) is 19.1 Å². The Labute approximate surface area is 81.1 Å². The number of aliphatic carboxylic acids is 1. The quantitative estimate of drug-likeness (QED) is 0.499. The Bertz CT molecular complexity index is 225. The number of carboxylic acid groups (broad SMARTS) is 1. The Balaban J connectivity index is 2.35. The van der Waals surface area contributed by atoms with Crippen molar-refractivity contribution in [1.29, 1.82) is 0 Å². The summed E-state index contributed by atoms with van der Waals surface area (Å²) in [6, 6.07) is 0. The van der Waals surface area contributed by atoms with Gasteiger partial charge in [-0.1, -0.05) is 0 Å². The highest BCUT2D eigenvalue weighted by Crippen LogP contribution is 2.45. The highest BCUT2D eigenvalue weighted by molar-refractivity contribution is 7.98. The number of amides is 1. The number of nitrogens with one attached hydrogen (secondary N) is 1. The predicted octanol–water partition coefficient (Wildman–Crippen LogP) is 0.330. The monoisotopic (exact) mass is 203 g/mol. The number of hydrogen-bond acceptors (Lipinski definition) is 3. The van der Waals surface area contributed by atoms with Crippen molar-refractivity contribution in [3.63, 3.8) is 0 Å². The molecule has 0 atom stereocenters. The van der Waals surface area contributed by atoms with Crippen LogP contribution in [0.2, 0.25) is 0 Å². The van der Waals surface area contributed by atoms with E-state index >= 15 is 0 Å². The second-order valence-corrected chi connectivity index (χ2v) is 4.12. The Morgan fingerprint density at radius 2 is 2.15 bits per heavy atom. The molecule has 0 saturated heterocycles. The van der Waals surface area contributed by atoms with Crippen molar-refractivity contribution in [1.82, 2.24) is 5.32 Å². The van der Waals surface area contributed by atoms with Gasteiger partial charge in [-0.3, -0.25) is 9.59 Å². The summed E-state index contributed by atoms with van der Waals surface area (Å²) < 4.78 is 0. The molecule has 1 fully saturated rings. The van der Waals surface area contributed by atoms with Crippen LogP contribution in [0.3, 0.4) is 0 Å². The van der Waals surface area contributed by atoms with E-state index in [0.717, 1.165) is 5.75 Å². The van der Waals surface area contributed by atoms with Crippen molar-refractivity contribution < 1.29 is 14.7 Å². The third kappa shape index (κ3) is 2.15. The van der Waals surface area contributed by atoms with E-state index in [0.29, 0.717) is 19.4 Å². The summed E-state index contributed by atoms with van der Waals surface area (Å²) in [5, 5.41) is 11.4. The van der Waals surface area contributed by atoms with Crippen LogP contribution in [0.15, 0.2) is 0 Å². The van der Waals surface area contributed by atoms with Gasteiger partial charge in [0.25, 0.3) is 0 Å². The maximum absolute atomic E-state index is 11.3. The van der Waals surface area contributed by atoms with Gasteiger partial charge >= 0.3 is 5.97 Å². The first-order valence-corrected chi connectivity index (χ1v) is 5.53. The molecule has 0 spiro atoms. The highest BCUT2D eigenvalue weighted by Gasteiger charge is 2.56. The summed E-state index contributed by atoms with van der Waals surface area (Å²) in [6.45, 7) is 0.551. The van der Waals surface area contributed by atoms with E-state index < -0.39 is 11.4 Å². The number of thioether (sulfide) groups is 1. The van der Waals surface area contributed by atoms with E-state index in [4.69, 9.17) is 5.11 Å². The number of carbonyl (C=O) groups is 2. The molecule has 1 saturated carbocycles. The molecule has 1 amide bonds. The summed E-state index contributed by atoms with van der Waals surface area (Å²) in [5.74, 6) is -0.496. The maximum atomic E-state index is 11.3. The van der Waals surface area contributed by atoms with Gasteiger partial charge in [0, 0.05) is 12.3 Å². The normalized spacial score (nSPS) is 17.9. The molecule has 0 aliphatic heterocycles. The smallest absolute Gasteiger partial charge is 0.319 e. The zero-order chi connectivity index (χ0) is 9.90. The number of carbonyl (C=O) groups excluding carboxylic acids is 1. The number of rotatable bonds is 5. The molecule has 0 aromatic heterocycles. The average molecular weight is 203 g/mol. The van der Waals surface area contributed by atoms with E-state index in [1.807, 2.05) is 6.26 Å². The second kappa shape index (κ2) is 4.00. The van der Waals surface area contributed by atoms with Crippen LogP contribution in [0.25, 0.3) is 0 Å². The standard InChI is InChI=1S/C8H13NO3S/c1-13-5-4-9-6(10)8(2-3-8)7(11)12/h2-5H2,1H3,(H,9,10)(H,11,12). The average Bonchev–Trinajstić information content (AvgIpc) is 2.84. The largest absolute Gasteiger partial charge is 0.480 e. The van der Waals surface area contributed by atoms with Gasteiger partial charge in [0.05, 0.1) is 0 Å². The lowest BCUT2D eigenvalue weighted by atomic mass is 10.1. The molecule has 2 N–H and O–H groups in total. The predicted molar refractivity (Wildman–Crippen MR) is 50.7 cm³/mol. The van der Waals surface area contributed by atoms with Crippen molar-refractivity contribution >= 4 is 23.6 Å². The van der Waals surface area contributed by atoms with Crippen LogP contribution in [-0.4, -0.2) is 35.5 Å². The van der Waals surface area contributed by atoms with E-state index in [2.05, 4.69) is 5.32 Å². The van der Waals surface area contributed by atoms with Crippen LogP contribution in [0.4, 0.5) is 0 Å². The molecule has 0 unspecified atom stereocenters. The zero-order valence-corrected chi connectivity index (χ0v) is 8.32. The minimum absolute atomic E-state index is 0.325. The van der Waals surface area contributed by atoms with Crippen LogP contribution < -0.4 is 5.32 Å². The van der Waals surface area contributed by atoms with Crippen LogP contribution in [-0.2, 0) is 9.59 Å². The highest BCUT2D eigenvalue weighted by atomic mass is 32.2. The van der Waals surface area contributed by atoms with Crippen molar-refractivity contribution in [2.24, 2.45) is 5.41 Å². The summed E-state index contributed by atoms with van der Waals surface area (Å²) in [5.41, 5.74) is -1.08. The Hall–Kier alpha value is -0.710. The third-order valence-electron chi connectivity index (χ3n) is 2.19.